The van der Waals surface area contributed by atoms with E-state index < -0.39 is 11.7 Å². The van der Waals surface area contributed by atoms with Gasteiger partial charge in [-0.2, -0.15) is 13.2 Å². The molecule has 3 nitrogen and oxygen atoms in total. The summed E-state index contributed by atoms with van der Waals surface area (Å²) in [6.45, 7) is 0. The Morgan fingerprint density at radius 3 is 2.71 bits per heavy atom. The highest BCUT2D eigenvalue weighted by Crippen LogP contribution is 2.36. The second-order valence-corrected chi connectivity index (χ2v) is 4.10. The van der Waals surface area contributed by atoms with Gasteiger partial charge in [-0.1, -0.05) is 0 Å². The van der Waals surface area contributed by atoms with Crippen LogP contribution in [0.1, 0.15) is 24.8 Å². The van der Waals surface area contributed by atoms with E-state index in [9.17, 15) is 13.2 Å². The average molecular weight is 246 g/mol. The van der Waals surface area contributed by atoms with E-state index in [1.807, 2.05) is 0 Å². The number of ether oxygens (including phenoxy) is 1. The summed E-state index contributed by atoms with van der Waals surface area (Å²) in [7, 11) is 0. The lowest BCUT2D eigenvalue weighted by Gasteiger charge is -2.19. The Hall–Kier alpha value is -1.30. The van der Waals surface area contributed by atoms with Crippen LogP contribution in [0.25, 0.3) is 0 Å². The molecule has 0 aromatic carbocycles. The van der Waals surface area contributed by atoms with Crippen molar-refractivity contribution in [2.45, 2.75) is 37.6 Å². The van der Waals surface area contributed by atoms with Gasteiger partial charge in [0.25, 0.3) is 0 Å². The fourth-order valence-corrected chi connectivity index (χ4v) is 1.94. The maximum absolute atomic E-state index is 12.7. The molecule has 0 amide bonds. The van der Waals surface area contributed by atoms with Gasteiger partial charge in [-0.25, -0.2) is 4.98 Å². The summed E-state index contributed by atoms with van der Waals surface area (Å²) in [6.07, 6.45) is -1.21. The molecule has 0 spiro atoms. The van der Waals surface area contributed by atoms with Crippen LogP contribution in [-0.4, -0.2) is 17.1 Å². The third-order valence-corrected chi connectivity index (χ3v) is 2.84. The molecule has 2 N–H and O–H groups in total. The molecule has 1 aliphatic carbocycles. The monoisotopic (exact) mass is 246 g/mol. The number of hydrogen-bond acceptors (Lipinski definition) is 3. The average Bonchev–Trinajstić information content (AvgIpc) is 2.64. The maximum Gasteiger partial charge on any atom is 0.421 e. The molecule has 6 heteroatoms. The first-order valence-corrected chi connectivity index (χ1v) is 5.43. The smallest absolute Gasteiger partial charge is 0.421 e. The molecule has 2 atom stereocenters. The fourth-order valence-electron chi connectivity index (χ4n) is 1.94. The number of halogens is 3. The van der Waals surface area contributed by atoms with E-state index in [0.29, 0.717) is 6.42 Å². The molecule has 0 aliphatic heterocycles. The SMILES string of the molecule is NC1CCCC1Oc1ncccc1C(F)(F)F. The lowest BCUT2D eigenvalue weighted by molar-refractivity contribution is -0.139. The molecule has 1 fully saturated rings. The molecular weight excluding hydrogens is 233 g/mol. The van der Waals surface area contributed by atoms with E-state index in [2.05, 4.69) is 4.98 Å². The van der Waals surface area contributed by atoms with Crippen molar-refractivity contribution in [2.75, 3.05) is 0 Å². The highest BCUT2D eigenvalue weighted by molar-refractivity contribution is 5.28. The van der Waals surface area contributed by atoms with Gasteiger partial charge < -0.3 is 10.5 Å². The van der Waals surface area contributed by atoms with Gasteiger partial charge in [0, 0.05) is 12.2 Å². The summed E-state index contributed by atoms with van der Waals surface area (Å²) in [6, 6.07) is 1.99. The van der Waals surface area contributed by atoms with Crippen molar-refractivity contribution in [3.05, 3.63) is 23.9 Å². The summed E-state index contributed by atoms with van der Waals surface area (Å²) in [5.41, 5.74) is 4.90. The van der Waals surface area contributed by atoms with Crippen molar-refractivity contribution in [1.82, 2.24) is 4.98 Å². The van der Waals surface area contributed by atoms with Crippen LogP contribution in [-0.2, 0) is 6.18 Å². The lowest BCUT2D eigenvalue weighted by atomic mass is 10.2. The van der Waals surface area contributed by atoms with E-state index in [-0.39, 0.29) is 18.0 Å². The molecule has 1 aromatic rings. The molecule has 17 heavy (non-hydrogen) atoms. The zero-order chi connectivity index (χ0) is 12.5. The van der Waals surface area contributed by atoms with Gasteiger partial charge in [-0.15, -0.1) is 0 Å². The summed E-state index contributed by atoms with van der Waals surface area (Å²) >= 11 is 0. The Bertz CT molecular complexity index is 395. The van der Waals surface area contributed by atoms with Crippen LogP contribution in [0.2, 0.25) is 0 Å². The molecule has 0 radical (unpaired) electrons. The Kier molecular flexibility index (Phi) is 3.24. The molecule has 1 aliphatic rings. The maximum atomic E-state index is 12.7. The van der Waals surface area contributed by atoms with Crippen molar-refractivity contribution >= 4 is 0 Å². The molecule has 1 aromatic heterocycles. The van der Waals surface area contributed by atoms with Crippen LogP contribution in [0.15, 0.2) is 18.3 Å². The highest BCUT2D eigenvalue weighted by Gasteiger charge is 2.36. The van der Waals surface area contributed by atoms with E-state index in [0.717, 1.165) is 18.9 Å². The third kappa shape index (κ3) is 2.69. The van der Waals surface area contributed by atoms with Gasteiger partial charge in [0.05, 0.1) is 0 Å². The predicted octanol–water partition coefficient (Wildman–Crippen LogP) is 2.36. The number of nitrogens with two attached hydrogens (primary N) is 1. The van der Waals surface area contributed by atoms with Gasteiger partial charge >= 0.3 is 6.18 Å². The third-order valence-electron chi connectivity index (χ3n) is 2.84. The Labute approximate surface area is 96.8 Å². The zero-order valence-electron chi connectivity index (χ0n) is 9.07. The number of rotatable bonds is 2. The van der Waals surface area contributed by atoms with E-state index in [4.69, 9.17) is 10.5 Å². The normalized spacial score (nSPS) is 24.9. The molecule has 1 heterocycles. The van der Waals surface area contributed by atoms with Crippen LogP contribution in [0.3, 0.4) is 0 Å². The zero-order valence-corrected chi connectivity index (χ0v) is 9.07. The number of alkyl halides is 3. The van der Waals surface area contributed by atoms with E-state index in [1.165, 1.54) is 12.3 Å². The van der Waals surface area contributed by atoms with Crippen LogP contribution in [0, 0.1) is 0 Å². The van der Waals surface area contributed by atoms with Crippen molar-refractivity contribution in [3.8, 4) is 5.88 Å². The van der Waals surface area contributed by atoms with Gasteiger partial charge in [-0.3, -0.25) is 0 Å². The minimum absolute atomic E-state index is 0.210. The first-order valence-electron chi connectivity index (χ1n) is 5.43. The molecule has 2 rings (SSSR count). The summed E-state index contributed by atoms with van der Waals surface area (Å²) in [5, 5.41) is 0. The minimum Gasteiger partial charge on any atom is -0.472 e. The summed E-state index contributed by atoms with van der Waals surface area (Å²) in [4.78, 5) is 3.65. The summed E-state index contributed by atoms with van der Waals surface area (Å²) in [5.74, 6) is -0.373. The number of hydrogen-bond donors (Lipinski definition) is 1. The molecule has 1 saturated carbocycles. The quantitative estimate of drug-likeness (QED) is 0.871. The van der Waals surface area contributed by atoms with Crippen LogP contribution in [0.4, 0.5) is 13.2 Å². The largest absolute Gasteiger partial charge is 0.472 e. The first-order chi connectivity index (χ1) is 7.98. The van der Waals surface area contributed by atoms with Crippen LogP contribution >= 0.6 is 0 Å². The van der Waals surface area contributed by atoms with Crippen molar-refractivity contribution in [2.24, 2.45) is 5.73 Å². The van der Waals surface area contributed by atoms with E-state index >= 15 is 0 Å². The Morgan fingerprint density at radius 1 is 1.35 bits per heavy atom. The van der Waals surface area contributed by atoms with Crippen molar-refractivity contribution in [3.63, 3.8) is 0 Å². The minimum atomic E-state index is -4.45. The first kappa shape index (κ1) is 12.2. The summed E-state index contributed by atoms with van der Waals surface area (Å²) < 4.78 is 43.3. The van der Waals surface area contributed by atoms with E-state index in [1.54, 1.807) is 0 Å². The number of nitrogens with zero attached hydrogens (tertiary/aromatic N) is 1. The molecule has 0 saturated heterocycles. The van der Waals surface area contributed by atoms with Crippen LogP contribution in [0.5, 0.6) is 5.88 Å². The Morgan fingerprint density at radius 2 is 2.12 bits per heavy atom. The highest BCUT2D eigenvalue weighted by atomic mass is 19.4. The predicted molar refractivity (Wildman–Crippen MR) is 55.5 cm³/mol. The van der Waals surface area contributed by atoms with Crippen molar-refractivity contribution in [1.29, 1.82) is 0 Å². The topological polar surface area (TPSA) is 48.1 Å². The van der Waals surface area contributed by atoms with Gasteiger partial charge in [0.1, 0.15) is 11.7 Å². The number of aromatic nitrogens is 1. The lowest BCUT2D eigenvalue weighted by Crippen LogP contribution is -2.34. The molecule has 0 bridgehead atoms. The van der Waals surface area contributed by atoms with Gasteiger partial charge in [0.15, 0.2) is 0 Å². The molecular formula is C11H13F3N2O. The fraction of sp³-hybridized carbons (Fsp3) is 0.545. The van der Waals surface area contributed by atoms with Crippen molar-refractivity contribution < 1.29 is 17.9 Å². The molecule has 94 valence electrons. The standard InChI is InChI=1S/C11H13F3N2O/c12-11(13,14)7-3-2-6-16-10(7)17-9-5-1-4-8(9)15/h2-3,6,8-9H,1,4-5,15H2. The second kappa shape index (κ2) is 4.52. The molecule has 2 unspecified atom stereocenters. The second-order valence-electron chi connectivity index (χ2n) is 4.10. The number of pyridine rings is 1. The Balaban J connectivity index is 2.21. The van der Waals surface area contributed by atoms with Gasteiger partial charge in [-0.05, 0) is 31.4 Å². The van der Waals surface area contributed by atoms with Gasteiger partial charge in [0.2, 0.25) is 5.88 Å². The van der Waals surface area contributed by atoms with Crippen LogP contribution < -0.4 is 10.5 Å².